The van der Waals surface area contributed by atoms with E-state index < -0.39 is 0 Å². The molecular weight excluding hydrogens is 282 g/mol. The van der Waals surface area contributed by atoms with E-state index in [1.54, 1.807) is 0 Å². The first-order chi connectivity index (χ1) is 10.4. The van der Waals surface area contributed by atoms with Crippen molar-refractivity contribution in [2.75, 3.05) is 13.2 Å². The molecule has 5 heteroatoms. The van der Waals surface area contributed by atoms with E-state index in [9.17, 15) is 0 Å². The SMILES string of the molecule is c1csc(CN2CCO[C@@H]3[C@H](Cn4ccnc4)CC[C@H]32)c1. The number of aromatic nitrogens is 2. The number of morpholine rings is 1. The Morgan fingerprint density at radius 2 is 2.38 bits per heavy atom. The van der Waals surface area contributed by atoms with Crippen molar-refractivity contribution in [3.8, 4) is 0 Å². The predicted molar refractivity (Wildman–Crippen MR) is 83.2 cm³/mol. The summed E-state index contributed by atoms with van der Waals surface area (Å²) in [5, 5.41) is 2.17. The minimum Gasteiger partial charge on any atom is -0.375 e. The fourth-order valence-corrected chi connectivity index (χ4v) is 4.53. The van der Waals surface area contributed by atoms with Crippen molar-refractivity contribution in [1.82, 2.24) is 14.5 Å². The molecule has 2 fully saturated rings. The second-order valence-electron chi connectivity index (χ2n) is 6.05. The van der Waals surface area contributed by atoms with Crippen LogP contribution in [-0.4, -0.2) is 39.7 Å². The smallest absolute Gasteiger partial charge is 0.0946 e. The minimum absolute atomic E-state index is 0.390. The van der Waals surface area contributed by atoms with E-state index in [0.717, 1.165) is 26.2 Å². The molecule has 1 aliphatic carbocycles. The van der Waals surface area contributed by atoms with E-state index in [-0.39, 0.29) is 0 Å². The van der Waals surface area contributed by atoms with Crippen LogP contribution in [0.4, 0.5) is 0 Å². The van der Waals surface area contributed by atoms with Crippen LogP contribution in [0.25, 0.3) is 0 Å². The lowest BCUT2D eigenvalue weighted by molar-refractivity contribution is -0.0783. The fraction of sp³-hybridized carbons (Fsp3) is 0.562. The van der Waals surface area contributed by atoms with Gasteiger partial charge in [-0.15, -0.1) is 11.3 Å². The Bertz CT molecular complexity index is 554. The van der Waals surface area contributed by atoms with Gasteiger partial charge in [0.15, 0.2) is 0 Å². The average Bonchev–Trinajstić information content (AvgIpc) is 3.22. The van der Waals surface area contributed by atoms with E-state index in [4.69, 9.17) is 4.74 Å². The molecule has 2 aromatic rings. The Morgan fingerprint density at radius 1 is 1.38 bits per heavy atom. The van der Waals surface area contributed by atoms with Gasteiger partial charge in [-0.25, -0.2) is 4.98 Å². The molecule has 3 heterocycles. The molecule has 0 aromatic carbocycles. The molecule has 2 aliphatic rings. The molecule has 1 aliphatic heterocycles. The van der Waals surface area contributed by atoms with Gasteiger partial charge in [0.05, 0.1) is 19.0 Å². The highest BCUT2D eigenvalue weighted by Crippen LogP contribution is 2.36. The molecule has 0 bridgehead atoms. The first kappa shape index (κ1) is 13.5. The maximum Gasteiger partial charge on any atom is 0.0946 e. The van der Waals surface area contributed by atoms with Gasteiger partial charge >= 0.3 is 0 Å². The molecule has 4 nitrogen and oxygen atoms in total. The molecule has 0 unspecified atom stereocenters. The quantitative estimate of drug-likeness (QED) is 0.870. The fourth-order valence-electron chi connectivity index (χ4n) is 3.80. The summed E-state index contributed by atoms with van der Waals surface area (Å²) >= 11 is 1.86. The molecule has 21 heavy (non-hydrogen) atoms. The molecule has 0 amide bonds. The van der Waals surface area contributed by atoms with Gasteiger partial charge in [-0.3, -0.25) is 4.90 Å². The van der Waals surface area contributed by atoms with Crippen LogP contribution in [0.1, 0.15) is 17.7 Å². The van der Waals surface area contributed by atoms with Crippen LogP contribution < -0.4 is 0 Å². The third-order valence-corrected chi connectivity index (χ3v) is 5.64. The molecule has 2 aromatic heterocycles. The van der Waals surface area contributed by atoms with E-state index >= 15 is 0 Å². The van der Waals surface area contributed by atoms with Crippen molar-refractivity contribution in [2.24, 2.45) is 5.92 Å². The average molecular weight is 303 g/mol. The molecule has 112 valence electrons. The van der Waals surface area contributed by atoms with Crippen molar-refractivity contribution in [2.45, 2.75) is 38.1 Å². The Balaban J connectivity index is 1.44. The van der Waals surface area contributed by atoms with Crippen LogP contribution in [0.15, 0.2) is 36.2 Å². The zero-order valence-electron chi connectivity index (χ0n) is 12.1. The number of nitrogens with zero attached hydrogens (tertiary/aromatic N) is 3. The number of fused-ring (bicyclic) bond motifs is 1. The van der Waals surface area contributed by atoms with E-state index in [2.05, 4.69) is 38.2 Å². The lowest BCUT2D eigenvalue weighted by atomic mass is 10.0. The highest BCUT2D eigenvalue weighted by molar-refractivity contribution is 7.09. The summed E-state index contributed by atoms with van der Waals surface area (Å²) in [5.41, 5.74) is 0. The van der Waals surface area contributed by atoms with Crippen LogP contribution in [0.5, 0.6) is 0 Å². The van der Waals surface area contributed by atoms with E-state index in [0.29, 0.717) is 18.1 Å². The third-order valence-electron chi connectivity index (χ3n) is 4.78. The predicted octanol–water partition coefficient (Wildman–Crippen LogP) is 2.62. The van der Waals surface area contributed by atoms with Gasteiger partial charge in [0.1, 0.15) is 0 Å². The summed E-state index contributed by atoms with van der Waals surface area (Å²) in [5.74, 6) is 0.621. The van der Waals surface area contributed by atoms with Gasteiger partial charge in [0, 0.05) is 48.9 Å². The molecular formula is C16H21N3OS. The van der Waals surface area contributed by atoms with Gasteiger partial charge in [-0.05, 0) is 24.3 Å². The van der Waals surface area contributed by atoms with Crippen LogP contribution in [-0.2, 0) is 17.8 Å². The second kappa shape index (κ2) is 5.91. The van der Waals surface area contributed by atoms with Crippen molar-refractivity contribution < 1.29 is 4.74 Å². The maximum absolute atomic E-state index is 6.14. The first-order valence-electron chi connectivity index (χ1n) is 7.74. The second-order valence-corrected chi connectivity index (χ2v) is 7.08. The normalized spacial score (nSPS) is 29.6. The van der Waals surface area contributed by atoms with Crippen LogP contribution in [0, 0.1) is 5.92 Å². The summed E-state index contributed by atoms with van der Waals surface area (Å²) in [7, 11) is 0. The largest absolute Gasteiger partial charge is 0.375 e. The topological polar surface area (TPSA) is 30.3 Å². The van der Waals surface area contributed by atoms with Crippen LogP contribution in [0.3, 0.4) is 0 Å². The molecule has 1 saturated carbocycles. The van der Waals surface area contributed by atoms with Crippen molar-refractivity contribution in [1.29, 1.82) is 0 Å². The molecule has 1 saturated heterocycles. The van der Waals surface area contributed by atoms with Gasteiger partial charge in [0.2, 0.25) is 0 Å². The van der Waals surface area contributed by atoms with Crippen molar-refractivity contribution in [3.63, 3.8) is 0 Å². The van der Waals surface area contributed by atoms with E-state index in [1.807, 2.05) is 23.9 Å². The Kier molecular flexibility index (Phi) is 3.80. The Morgan fingerprint density at radius 3 is 3.19 bits per heavy atom. The van der Waals surface area contributed by atoms with Crippen molar-refractivity contribution in [3.05, 3.63) is 41.1 Å². The van der Waals surface area contributed by atoms with Gasteiger partial charge in [-0.2, -0.15) is 0 Å². The number of rotatable bonds is 4. The molecule has 3 atom stereocenters. The van der Waals surface area contributed by atoms with Gasteiger partial charge < -0.3 is 9.30 Å². The minimum atomic E-state index is 0.390. The Labute approximate surface area is 129 Å². The molecule has 0 radical (unpaired) electrons. The lowest BCUT2D eigenvalue weighted by Gasteiger charge is -2.39. The standard InChI is InChI=1S/C16H21N3OS/c1-2-14(21-9-1)11-19-7-8-20-16-13(3-4-15(16)19)10-18-6-5-17-12-18/h1-2,5-6,9,12-13,15-16H,3-4,7-8,10-11H2/t13-,15+,16+/m0/s1. The van der Waals surface area contributed by atoms with Crippen molar-refractivity contribution >= 4 is 11.3 Å². The summed E-state index contributed by atoms with van der Waals surface area (Å²) in [6.07, 6.45) is 8.74. The highest BCUT2D eigenvalue weighted by Gasteiger charge is 2.42. The van der Waals surface area contributed by atoms with E-state index in [1.165, 1.54) is 17.7 Å². The number of imidazole rings is 1. The molecule has 0 N–H and O–H groups in total. The monoisotopic (exact) mass is 303 g/mol. The lowest BCUT2D eigenvalue weighted by Crippen LogP contribution is -2.50. The zero-order valence-corrected chi connectivity index (χ0v) is 12.9. The first-order valence-corrected chi connectivity index (χ1v) is 8.62. The summed E-state index contributed by atoms with van der Waals surface area (Å²) < 4.78 is 8.33. The summed E-state index contributed by atoms with van der Waals surface area (Å²) in [6, 6.07) is 4.98. The number of thiophene rings is 1. The van der Waals surface area contributed by atoms with Crippen LogP contribution >= 0.6 is 11.3 Å². The zero-order chi connectivity index (χ0) is 14.1. The number of ether oxygens (including phenoxy) is 1. The summed E-state index contributed by atoms with van der Waals surface area (Å²) in [4.78, 5) is 8.25. The number of hydrogen-bond donors (Lipinski definition) is 0. The van der Waals surface area contributed by atoms with Gasteiger partial charge in [-0.1, -0.05) is 6.07 Å². The molecule has 0 spiro atoms. The Hall–Kier alpha value is -1.17. The third kappa shape index (κ3) is 2.78. The summed E-state index contributed by atoms with van der Waals surface area (Å²) in [6.45, 7) is 4.05. The highest BCUT2D eigenvalue weighted by atomic mass is 32.1. The number of hydrogen-bond acceptors (Lipinski definition) is 4. The molecule has 4 rings (SSSR count). The maximum atomic E-state index is 6.14. The van der Waals surface area contributed by atoms with Crippen LogP contribution in [0.2, 0.25) is 0 Å². The van der Waals surface area contributed by atoms with Gasteiger partial charge in [0.25, 0.3) is 0 Å².